The van der Waals surface area contributed by atoms with Gasteiger partial charge in [0.05, 0.1) is 7.11 Å². The van der Waals surface area contributed by atoms with Crippen LogP contribution in [0.25, 0.3) is 0 Å². The molecule has 0 aliphatic carbocycles. The first-order chi connectivity index (χ1) is 7.76. The fraction of sp³-hybridized carbons (Fsp3) is 0.417. The van der Waals surface area contributed by atoms with Gasteiger partial charge >= 0.3 is 0 Å². The Balaban J connectivity index is 2.24. The van der Waals surface area contributed by atoms with Gasteiger partial charge in [-0.1, -0.05) is 12.1 Å². The molecule has 0 radical (unpaired) electrons. The maximum absolute atomic E-state index is 10.9. The molecule has 0 saturated carbocycles. The van der Waals surface area contributed by atoms with Gasteiger partial charge in [0, 0.05) is 6.42 Å². The van der Waals surface area contributed by atoms with Gasteiger partial charge < -0.3 is 4.74 Å². The SMILES string of the molecule is COc1ccc(CCCCC(=O)NN)cc1. The first kappa shape index (κ1) is 12.5. The van der Waals surface area contributed by atoms with Crippen molar-refractivity contribution in [1.82, 2.24) is 5.43 Å². The molecule has 0 bridgehead atoms. The molecule has 1 amide bonds. The van der Waals surface area contributed by atoms with Crippen molar-refractivity contribution in [2.24, 2.45) is 5.84 Å². The smallest absolute Gasteiger partial charge is 0.233 e. The van der Waals surface area contributed by atoms with E-state index in [0.717, 1.165) is 25.0 Å². The Bertz CT molecular complexity index is 322. The van der Waals surface area contributed by atoms with Crippen molar-refractivity contribution in [3.05, 3.63) is 29.8 Å². The van der Waals surface area contributed by atoms with Crippen LogP contribution in [0.2, 0.25) is 0 Å². The van der Waals surface area contributed by atoms with Crippen molar-refractivity contribution in [2.45, 2.75) is 25.7 Å². The molecular formula is C12H18N2O2. The number of hydrogen-bond donors (Lipinski definition) is 2. The zero-order chi connectivity index (χ0) is 11.8. The maximum Gasteiger partial charge on any atom is 0.233 e. The molecule has 1 rings (SSSR count). The number of ether oxygens (including phenoxy) is 1. The van der Waals surface area contributed by atoms with Crippen LogP contribution in [0, 0.1) is 0 Å². The number of amides is 1. The van der Waals surface area contributed by atoms with Crippen LogP contribution in [0.3, 0.4) is 0 Å². The molecule has 0 aromatic heterocycles. The summed E-state index contributed by atoms with van der Waals surface area (Å²) in [6.45, 7) is 0. The van der Waals surface area contributed by atoms with Crippen LogP contribution in [-0.4, -0.2) is 13.0 Å². The van der Waals surface area contributed by atoms with Gasteiger partial charge in [-0.25, -0.2) is 5.84 Å². The minimum atomic E-state index is -0.102. The van der Waals surface area contributed by atoms with Crippen LogP contribution in [0.4, 0.5) is 0 Å². The molecular weight excluding hydrogens is 204 g/mol. The first-order valence-electron chi connectivity index (χ1n) is 5.38. The molecule has 4 heteroatoms. The maximum atomic E-state index is 10.9. The zero-order valence-electron chi connectivity index (χ0n) is 9.53. The highest BCUT2D eigenvalue weighted by Crippen LogP contribution is 2.13. The summed E-state index contributed by atoms with van der Waals surface area (Å²) in [5.41, 5.74) is 3.38. The molecule has 0 atom stereocenters. The zero-order valence-corrected chi connectivity index (χ0v) is 9.53. The highest BCUT2D eigenvalue weighted by Gasteiger charge is 1.99. The van der Waals surface area contributed by atoms with E-state index in [1.54, 1.807) is 7.11 Å². The number of aryl methyl sites for hydroxylation is 1. The number of hydrogen-bond acceptors (Lipinski definition) is 3. The Morgan fingerprint density at radius 1 is 1.31 bits per heavy atom. The third-order valence-corrected chi connectivity index (χ3v) is 2.44. The second-order valence-electron chi connectivity index (χ2n) is 3.62. The average molecular weight is 222 g/mol. The van der Waals surface area contributed by atoms with E-state index in [0.29, 0.717) is 6.42 Å². The predicted octanol–water partition coefficient (Wildman–Crippen LogP) is 1.40. The number of hydrazine groups is 1. The summed E-state index contributed by atoms with van der Waals surface area (Å²) in [5, 5.41) is 0. The Kier molecular flexibility index (Phi) is 5.36. The van der Waals surface area contributed by atoms with Crippen molar-refractivity contribution >= 4 is 5.91 Å². The van der Waals surface area contributed by atoms with E-state index < -0.39 is 0 Å². The molecule has 0 saturated heterocycles. The minimum Gasteiger partial charge on any atom is -0.497 e. The Morgan fingerprint density at radius 2 is 2.00 bits per heavy atom. The van der Waals surface area contributed by atoms with Crippen LogP contribution in [-0.2, 0) is 11.2 Å². The van der Waals surface area contributed by atoms with Crippen molar-refractivity contribution in [3.63, 3.8) is 0 Å². The van der Waals surface area contributed by atoms with Crippen LogP contribution >= 0.6 is 0 Å². The second kappa shape index (κ2) is 6.85. The van der Waals surface area contributed by atoms with Gasteiger partial charge in [0.25, 0.3) is 0 Å². The molecule has 16 heavy (non-hydrogen) atoms. The van der Waals surface area contributed by atoms with Gasteiger partial charge in [-0.05, 0) is 37.0 Å². The van der Waals surface area contributed by atoms with E-state index in [1.165, 1.54) is 5.56 Å². The highest BCUT2D eigenvalue weighted by atomic mass is 16.5. The summed E-state index contributed by atoms with van der Waals surface area (Å²) in [5.74, 6) is 5.75. The van der Waals surface area contributed by atoms with E-state index >= 15 is 0 Å². The van der Waals surface area contributed by atoms with E-state index in [2.05, 4.69) is 5.43 Å². The lowest BCUT2D eigenvalue weighted by Gasteiger charge is -2.03. The summed E-state index contributed by atoms with van der Waals surface area (Å²) < 4.78 is 5.07. The van der Waals surface area contributed by atoms with Gasteiger partial charge in [-0.15, -0.1) is 0 Å². The topological polar surface area (TPSA) is 64.3 Å². The molecule has 4 nitrogen and oxygen atoms in total. The number of nitrogens with one attached hydrogen (secondary N) is 1. The molecule has 0 unspecified atom stereocenters. The van der Waals surface area contributed by atoms with Crippen molar-refractivity contribution in [2.75, 3.05) is 7.11 Å². The highest BCUT2D eigenvalue weighted by molar-refractivity contribution is 5.75. The van der Waals surface area contributed by atoms with Crippen LogP contribution in [0.15, 0.2) is 24.3 Å². The Hall–Kier alpha value is -1.55. The fourth-order valence-corrected chi connectivity index (χ4v) is 1.48. The van der Waals surface area contributed by atoms with E-state index in [4.69, 9.17) is 10.6 Å². The average Bonchev–Trinajstić information content (AvgIpc) is 2.35. The van der Waals surface area contributed by atoms with Crippen molar-refractivity contribution in [3.8, 4) is 5.75 Å². The monoisotopic (exact) mass is 222 g/mol. The number of nitrogens with two attached hydrogens (primary N) is 1. The first-order valence-corrected chi connectivity index (χ1v) is 5.38. The summed E-state index contributed by atoms with van der Waals surface area (Å²) >= 11 is 0. The normalized spacial score (nSPS) is 9.88. The second-order valence-corrected chi connectivity index (χ2v) is 3.62. The van der Waals surface area contributed by atoms with E-state index in [9.17, 15) is 4.79 Å². The van der Waals surface area contributed by atoms with Crippen LogP contribution in [0.1, 0.15) is 24.8 Å². The number of rotatable bonds is 6. The standard InChI is InChI=1S/C12H18N2O2/c1-16-11-8-6-10(7-9-11)4-2-3-5-12(15)14-13/h6-9H,2-5,13H2,1H3,(H,14,15). The molecule has 0 aliphatic rings. The van der Waals surface area contributed by atoms with Crippen LogP contribution < -0.4 is 16.0 Å². The summed E-state index contributed by atoms with van der Waals surface area (Å²) in [4.78, 5) is 10.9. The van der Waals surface area contributed by atoms with Crippen molar-refractivity contribution < 1.29 is 9.53 Å². The lowest BCUT2D eigenvalue weighted by molar-refractivity contribution is -0.121. The number of carbonyl (C=O) groups excluding carboxylic acids is 1. The summed E-state index contributed by atoms with van der Waals surface area (Å²) in [6, 6.07) is 7.98. The lowest BCUT2D eigenvalue weighted by atomic mass is 10.1. The van der Waals surface area contributed by atoms with Crippen LogP contribution in [0.5, 0.6) is 5.75 Å². The Labute approximate surface area is 95.8 Å². The molecule has 0 fully saturated rings. The molecule has 1 aromatic rings. The number of unbranched alkanes of at least 4 members (excludes halogenated alkanes) is 1. The van der Waals surface area contributed by atoms with Gasteiger partial charge in [0.1, 0.15) is 5.75 Å². The molecule has 88 valence electrons. The van der Waals surface area contributed by atoms with Crippen molar-refractivity contribution in [1.29, 1.82) is 0 Å². The summed E-state index contributed by atoms with van der Waals surface area (Å²) in [6.07, 6.45) is 3.31. The predicted molar refractivity (Wildman–Crippen MR) is 62.9 cm³/mol. The van der Waals surface area contributed by atoms with Gasteiger partial charge in [-0.2, -0.15) is 0 Å². The number of benzene rings is 1. The quantitative estimate of drug-likeness (QED) is 0.331. The van der Waals surface area contributed by atoms with E-state index in [1.807, 2.05) is 24.3 Å². The molecule has 0 aliphatic heterocycles. The minimum absolute atomic E-state index is 0.102. The lowest BCUT2D eigenvalue weighted by Crippen LogP contribution is -2.29. The van der Waals surface area contributed by atoms with Gasteiger partial charge in [0.2, 0.25) is 5.91 Å². The van der Waals surface area contributed by atoms with Gasteiger partial charge in [-0.3, -0.25) is 10.2 Å². The van der Waals surface area contributed by atoms with Gasteiger partial charge in [0.15, 0.2) is 0 Å². The molecule has 0 heterocycles. The molecule has 1 aromatic carbocycles. The third-order valence-electron chi connectivity index (χ3n) is 2.44. The largest absolute Gasteiger partial charge is 0.497 e. The molecule has 0 spiro atoms. The Morgan fingerprint density at radius 3 is 2.56 bits per heavy atom. The third kappa shape index (κ3) is 4.31. The number of carbonyl (C=O) groups is 1. The molecule has 3 N–H and O–H groups in total. The van der Waals surface area contributed by atoms with E-state index in [-0.39, 0.29) is 5.91 Å². The fourth-order valence-electron chi connectivity index (χ4n) is 1.48. The summed E-state index contributed by atoms with van der Waals surface area (Å²) in [7, 11) is 1.65. The number of methoxy groups -OCH3 is 1.